The van der Waals surface area contributed by atoms with Gasteiger partial charge < -0.3 is 14.5 Å². The van der Waals surface area contributed by atoms with E-state index in [4.69, 9.17) is 4.74 Å². The normalized spacial score (nSPS) is 20.1. The molecule has 1 saturated heterocycles. The summed E-state index contributed by atoms with van der Waals surface area (Å²) in [4.78, 5) is 22.1. The topological polar surface area (TPSA) is 45.7 Å². The summed E-state index contributed by atoms with van der Waals surface area (Å²) < 4.78 is 7.16. The van der Waals surface area contributed by atoms with Crippen molar-refractivity contribution < 1.29 is 9.53 Å². The number of benzene rings is 2. The van der Waals surface area contributed by atoms with E-state index in [0.29, 0.717) is 18.7 Å². The fourth-order valence-corrected chi connectivity index (χ4v) is 4.72. The van der Waals surface area contributed by atoms with Gasteiger partial charge in [-0.2, -0.15) is 0 Å². The molecule has 0 radical (unpaired) electrons. The third kappa shape index (κ3) is 3.81. The van der Waals surface area contributed by atoms with Gasteiger partial charge >= 0.3 is 0 Å². The molecule has 6 heteroatoms. The first-order chi connectivity index (χ1) is 13.5. The summed E-state index contributed by atoms with van der Waals surface area (Å²) in [5.74, 6) is 0.0499. The number of hydrogen-bond donors (Lipinski definition) is 0. The number of carbonyl (C=O) groups excluding carboxylic acids is 1. The van der Waals surface area contributed by atoms with Gasteiger partial charge in [0.2, 0.25) is 0 Å². The number of thiazole rings is 1. The minimum absolute atomic E-state index is 0.0499. The van der Waals surface area contributed by atoms with Crippen molar-refractivity contribution in [1.29, 1.82) is 0 Å². The number of rotatable bonds is 4. The van der Waals surface area contributed by atoms with Gasteiger partial charge in [0, 0.05) is 18.7 Å². The van der Waals surface area contributed by atoms with Crippen LogP contribution in [0.5, 0.6) is 0 Å². The second-order valence-corrected chi connectivity index (χ2v) is 8.68. The summed E-state index contributed by atoms with van der Waals surface area (Å²) in [6.07, 6.45) is -0.0653. The molecule has 5 nitrogen and oxygen atoms in total. The van der Waals surface area contributed by atoms with E-state index in [1.165, 1.54) is 0 Å². The zero-order chi connectivity index (χ0) is 19.7. The van der Waals surface area contributed by atoms with Crippen LogP contribution in [-0.2, 0) is 4.74 Å². The monoisotopic (exact) mass is 395 g/mol. The summed E-state index contributed by atoms with van der Waals surface area (Å²) in [6.45, 7) is 3.89. The Bertz CT molecular complexity index is 970. The molecule has 146 valence electrons. The molecule has 4 rings (SSSR count). The number of likely N-dealkylation sites (N-methyl/N-ethyl adjacent to an activating group) is 1. The number of hydrogen-bond acceptors (Lipinski definition) is 5. The Morgan fingerprint density at radius 2 is 2.04 bits per heavy atom. The van der Waals surface area contributed by atoms with Crippen LogP contribution in [0.25, 0.3) is 10.2 Å². The predicted molar refractivity (Wildman–Crippen MR) is 113 cm³/mol. The largest absolute Gasteiger partial charge is 0.373 e. The fourth-order valence-electron chi connectivity index (χ4n) is 3.86. The van der Waals surface area contributed by atoms with Crippen molar-refractivity contribution in [2.24, 2.45) is 0 Å². The van der Waals surface area contributed by atoms with Gasteiger partial charge in [-0.3, -0.25) is 4.79 Å². The van der Waals surface area contributed by atoms with Gasteiger partial charge in [-0.15, -0.1) is 11.3 Å². The lowest BCUT2D eigenvalue weighted by molar-refractivity contribution is -0.0684. The molecule has 2 heterocycles. The molecule has 2 aromatic carbocycles. The molecule has 28 heavy (non-hydrogen) atoms. The molecule has 1 aliphatic rings. The molecular formula is C22H25N3O2S. The number of ether oxygens (including phenoxy) is 1. The zero-order valence-corrected chi connectivity index (χ0v) is 17.3. The van der Waals surface area contributed by atoms with Crippen LogP contribution in [-0.4, -0.2) is 60.6 Å². The van der Waals surface area contributed by atoms with E-state index in [9.17, 15) is 4.79 Å². The van der Waals surface area contributed by atoms with Crippen molar-refractivity contribution in [3.63, 3.8) is 0 Å². The van der Waals surface area contributed by atoms with Crippen molar-refractivity contribution in [3.05, 3.63) is 64.7 Å². The number of carbonyl (C=O) groups is 1. The maximum Gasteiger partial charge on any atom is 0.254 e. The molecule has 3 aromatic rings. The van der Waals surface area contributed by atoms with E-state index in [1.54, 1.807) is 11.3 Å². The number of amides is 1. The smallest absolute Gasteiger partial charge is 0.254 e. The quantitative estimate of drug-likeness (QED) is 0.675. The van der Waals surface area contributed by atoms with Crippen LogP contribution < -0.4 is 0 Å². The lowest BCUT2D eigenvalue weighted by Crippen LogP contribution is -2.51. The van der Waals surface area contributed by atoms with Crippen LogP contribution in [0.15, 0.2) is 48.5 Å². The second-order valence-electron chi connectivity index (χ2n) is 7.44. The Balaban J connectivity index is 1.70. The molecule has 1 aliphatic heterocycles. The number of nitrogens with zero attached hydrogens (tertiary/aromatic N) is 3. The van der Waals surface area contributed by atoms with Gasteiger partial charge in [0.05, 0.1) is 34.0 Å². The summed E-state index contributed by atoms with van der Waals surface area (Å²) in [5.41, 5.74) is 2.77. The van der Waals surface area contributed by atoms with Crippen LogP contribution in [0.3, 0.4) is 0 Å². The van der Waals surface area contributed by atoms with Gasteiger partial charge in [0.15, 0.2) is 0 Å². The average molecular weight is 396 g/mol. The van der Waals surface area contributed by atoms with Crippen LogP contribution in [0.4, 0.5) is 0 Å². The zero-order valence-electron chi connectivity index (χ0n) is 16.5. The van der Waals surface area contributed by atoms with Gasteiger partial charge in [0.1, 0.15) is 0 Å². The van der Waals surface area contributed by atoms with E-state index in [-0.39, 0.29) is 18.1 Å². The van der Waals surface area contributed by atoms with Gasteiger partial charge in [-0.1, -0.05) is 30.3 Å². The Labute approximate surface area is 169 Å². The third-order valence-corrected chi connectivity index (χ3v) is 5.98. The highest BCUT2D eigenvalue weighted by Crippen LogP contribution is 2.32. The molecule has 2 atom stereocenters. The van der Waals surface area contributed by atoms with Crippen LogP contribution in [0.1, 0.15) is 27.0 Å². The van der Waals surface area contributed by atoms with Gasteiger partial charge in [-0.05, 0) is 44.8 Å². The highest BCUT2D eigenvalue weighted by molar-refractivity contribution is 7.18. The van der Waals surface area contributed by atoms with E-state index in [0.717, 1.165) is 27.3 Å². The third-order valence-electron chi connectivity index (χ3n) is 5.04. The molecule has 1 fully saturated rings. The minimum atomic E-state index is -0.108. The maximum absolute atomic E-state index is 13.5. The van der Waals surface area contributed by atoms with Crippen molar-refractivity contribution in [2.75, 3.05) is 33.8 Å². The van der Waals surface area contributed by atoms with Crippen LogP contribution >= 0.6 is 11.3 Å². The maximum atomic E-state index is 13.5. The van der Waals surface area contributed by atoms with Crippen molar-refractivity contribution in [1.82, 2.24) is 14.8 Å². The summed E-state index contributed by atoms with van der Waals surface area (Å²) in [5, 5.41) is 1.01. The molecule has 0 N–H and O–H groups in total. The Morgan fingerprint density at radius 1 is 1.25 bits per heavy atom. The summed E-state index contributed by atoms with van der Waals surface area (Å²) in [6, 6.07) is 15.9. The summed E-state index contributed by atoms with van der Waals surface area (Å²) >= 11 is 1.62. The fraction of sp³-hybridized carbons (Fsp3) is 0.364. The van der Waals surface area contributed by atoms with Crippen LogP contribution in [0.2, 0.25) is 0 Å². The standard InChI is InChI=1S/C22H25N3O2S/c1-15-23-18-10-9-17(13-20(18)28-15)22(26)25-11-12-27-19(14-24(2)3)21(25)16-7-5-4-6-8-16/h4-10,13,19,21H,11-12,14H2,1-3H3/t19-,21-/m0/s1. The van der Waals surface area contributed by atoms with Gasteiger partial charge in [0.25, 0.3) is 5.91 Å². The number of morpholine rings is 1. The number of fused-ring (bicyclic) bond motifs is 1. The van der Waals surface area contributed by atoms with E-state index in [2.05, 4.69) is 22.0 Å². The van der Waals surface area contributed by atoms with Gasteiger partial charge in [-0.25, -0.2) is 4.98 Å². The molecule has 0 spiro atoms. The lowest BCUT2D eigenvalue weighted by atomic mass is 9.96. The molecule has 0 aliphatic carbocycles. The number of aryl methyl sites for hydroxylation is 1. The van der Waals surface area contributed by atoms with Crippen molar-refractivity contribution in [3.8, 4) is 0 Å². The predicted octanol–water partition coefficient (Wildman–Crippen LogP) is 3.75. The first-order valence-corrected chi connectivity index (χ1v) is 10.3. The molecule has 0 unspecified atom stereocenters. The van der Waals surface area contributed by atoms with E-state index >= 15 is 0 Å². The van der Waals surface area contributed by atoms with E-state index in [1.807, 2.05) is 62.3 Å². The SMILES string of the molecule is Cc1nc2ccc(C(=O)N3CCO[C@@H](CN(C)C)[C@@H]3c3ccccc3)cc2s1. The van der Waals surface area contributed by atoms with E-state index < -0.39 is 0 Å². The Kier molecular flexibility index (Phi) is 5.44. The molecule has 0 bridgehead atoms. The van der Waals surface area contributed by atoms with Crippen molar-refractivity contribution >= 4 is 27.5 Å². The molecular weight excluding hydrogens is 370 g/mol. The molecule has 0 saturated carbocycles. The van der Waals surface area contributed by atoms with Crippen LogP contribution in [0, 0.1) is 6.92 Å². The average Bonchev–Trinajstić information content (AvgIpc) is 3.06. The number of aromatic nitrogens is 1. The first kappa shape index (κ1) is 19.1. The Hall–Kier alpha value is -2.28. The highest BCUT2D eigenvalue weighted by atomic mass is 32.1. The molecule has 1 amide bonds. The highest BCUT2D eigenvalue weighted by Gasteiger charge is 2.37. The minimum Gasteiger partial charge on any atom is -0.373 e. The van der Waals surface area contributed by atoms with Crippen molar-refractivity contribution in [2.45, 2.75) is 19.1 Å². The summed E-state index contributed by atoms with van der Waals surface area (Å²) in [7, 11) is 4.07. The first-order valence-electron chi connectivity index (χ1n) is 9.52. The second kappa shape index (κ2) is 7.99. The Morgan fingerprint density at radius 3 is 2.79 bits per heavy atom. The lowest BCUT2D eigenvalue weighted by Gasteiger charge is -2.42. The molecule has 1 aromatic heterocycles.